The van der Waals surface area contributed by atoms with Crippen LogP contribution < -0.4 is 33.0 Å². The summed E-state index contributed by atoms with van der Waals surface area (Å²) in [6.45, 7) is 9.02. The minimum Gasteiger partial charge on any atom is -0.399 e. The molecule has 0 saturated heterocycles. The Hall–Kier alpha value is -3.47. The zero-order valence-corrected chi connectivity index (χ0v) is 26.1. The number of halogens is 3. The van der Waals surface area contributed by atoms with E-state index in [1.807, 2.05) is 26.0 Å². The number of rotatable bonds is 12. The first-order valence-electron chi connectivity index (χ1n) is 12.7. The van der Waals surface area contributed by atoms with Crippen LogP contribution in [0.4, 0.5) is 17.2 Å². The molecule has 0 aliphatic heterocycles. The Balaban J connectivity index is 0.00000533. The third kappa shape index (κ3) is 11.1. The van der Waals surface area contributed by atoms with Crippen LogP contribution in [0.2, 0.25) is 0 Å². The predicted octanol–water partition coefficient (Wildman–Crippen LogP) is 4.64. The number of nitrogens with zero attached hydrogens (tertiary/aromatic N) is 2. The van der Waals surface area contributed by atoms with Gasteiger partial charge < -0.3 is 27.4 Å². The second-order valence-corrected chi connectivity index (χ2v) is 10.0. The molecule has 3 aromatic rings. The number of anilines is 3. The number of carbonyl (C=O) groups is 1. The predicted molar refractivity (Wildman–Crippen MR) is 176 cm³/mol. The maximum absolute atomic E-state index is 13.4. The molecule has 13 heteroatoms. The first-order valence-corrected chi connectivity index (χ1v) is 12.7. The molecule has 1 amide bonds. The standard InChI is InChI=1S/C28H38N8O2.3ClH/c1-17(2)9-10-32-23-12-21(11-22(29)13-23)24-15-34-27(35-18(3)4)28(38)36(24)16-25(37)33-14-19-5-7-20(8-6-19)26(30)31;;;/h5-8,11-13,15,17-18,32H,9-10,14,16,29H2,1-4H3,(H3,30,31)(H,33,37)(H,34,35);3*1H. The van der Waals surface area contributed by atoms with Gasteiger partial charge in [0.25, 0.3) is 5.56 Å². The number of nitrogens with one attached hydrogen (secondary N) is 4. The van der Waals surface area contributed by atoms with E-state index >= 15 is 0 Å². The van der Waals surface area contributed by atoms with E-state index in [1.165, 1.54) is 4.57 Å². The molecule has 0 aliphatic rings. The number of nitrogen functional groups attached to an aromatic ring is 2. The number of amidine groups is 1. The van der Waals surface area contributed by atoms with Crippen molar-refractivity contribution in [1.29, 1.82) is 5.41 Å². The highest BCUT2D eigenvalue weighted by atomic mass is 35.5. The summed E-state index contributed by atoms with van der Waals surface area (Å²) >= 11 is 0. The molecule has 3 rings (SSSR count). The molecule has 0 atom stereocenters. The Kier molecular flexibility index (Phi) is 15.9. The topological polar surface area (TPSA) is 164 Å². The highest BCUT2D eigenvalue weighted by Crippen LogP contribution is 2.26. The van der Waals surface area contributed by atoms with E-state index < -0.39 is 5.56 Å². The summed E-state index contributed by atoms with van der Waals surface area (Å²) in [6.07, 6.45) is 2.59. The van der Waals surface area contributed by atoms with Gasteiger partial charge in [-0.25, -0.2) is 4.98 Å². The summed E-state index contributed by atoms with van der Waals surface area (Å²) in [5.74, 6) is 0.389. The summed E-state index contributed by atoms with van der Waals surface area (Å²) in [6, 6.07) is 12.6. The van der Waals surface area contributed by atoms with Crippen molar-refractivity contribution in [3.05, 3.63) is 70.1 Å². The largest absolute Gasteiger partial charge is 0.399 e. The van der Waals surface area contributed by atoms with E-state index in [9.17, 15) is 9.59 Å². The van der Waals surface area contributed by atoms with E-state index in [-0.39, 0.29) is 73.9 Å². The summed E-state index contributed by atoms with van der Waals surface area (Å²) in [4.78, 5) is 30.7. The molecular formula is C28H41Cl3N8O2. The number of aromatic nitrogens is 2. The lowest BCUT2D eigenvalue weighted by Gasteiger charge is -2.17. The molecule has 8 N–H and O–H groups in total. The van der Waals surface area contributed by atoms with Crippen LogP contribution in [-0.4, -0.2) is 33.9 Å². The first-order chi connectivity index (χ1) is 18.0. The maximum atomic E-state index is 13.4. The number of amides is 1. The molecule has 1 aromatic heterocycles. The number of nitrogens with two attached hydrogens (primary N) is 2. The number of hydrogen-bond acceptors (Lipinski definition) is 7. The Bertz CT molecular complexity index is 1350. The van der Waals surface area contributed by atoms with Crippen LogP contribution in [0.5, 0.6) is 0 Å². The zero-order chi connectivity index (χ0) is 27.8. The Morgan fingerprint density at radius 1 is 1.05 bits per heavy atom. The molecule has 0 saturated carbocycles. The summed E-state index contributed by atoms with van der Waals surface area (Å²) in [7, 11) is 0. The van der Waals surface area contributed by atoms with E-state index in [2.05, 4.69) is 34.8 Å². The van der Waals surface area contributed by atoms with Gasteiger partial charge in [-0.1, -0.05) is 38.1 Å². The molecule has 10 nitrogen and oxygen atoms in total. The summed E-state index contributed by atoms with van der Waals surface area (Å²) in [5.41, 5.74) is 15.3. The monoisotopic (exact) mass is 626 g/mol. The lowest BCUT2D eigenvalue weighted by Crippen LogP contribution is -2.35. The van der Waals surface area contributed by atoms with Crippen molar-refractivity contribution in [3.8, 4) is 11.3 Å². The van der Waals surface area contributed by atoms with Crippen molar-refractivity contribution < 1.29 is 4.79 Å². The molecule has 0 unspecified atom stereocenters. The van der Waals surface area contributed by atoms with Gasteiger partial charge in [0.05, 0.1) is 11.9 Å². The second kappa shape index (κ2) is 17.4. The average Bonchev–Trinajstić information content (AvgIpc) is 2.84. The summed E-state index contributed by atoms with van der Waals surface area (Å²) in [5, 5.41) is 16.8. The van der Waals surface area contributed by atoms with Crippen molar-refractivity contribution in [2.75, 3.05) is 22.9 Å². The van der Waals surface area contributed by atoms with Crippen molar-refractivity contribution in [1.82, 2.24) is 14.9 Å². The minimum absolute atomic E-state index is 0. The summed E-state index contributed by atoms with van der Waals surface area (Å²) < 4.78 is 1.42. The lowest BCUT2D eigenvalue weighted by atomic mass is 10.1. The molecule has 0 spiro atoms. The van der Waals surface area contributed by atoms with Crippen molar-refractivity contribution in [2.45, 2.75) is 53.2 Å². The van der Waals surface area contributed by atoms with Crippen LogP contribution in [0.1, 0.15) is 45.2 Å². The highest BCUT2D eigenvalue weighted by Gasteiger charge is 2.16. The fourth-order valence-corrected chi connectivity index (χ4v) is 3.86. The van der Waals surface area contributed by atoms with Gasteiger partial charge in [0.1, 0.15) is 12.4 Å². The van der Waals surface area contributed by atoms with Crippen LogP contribution >= 0.6 is 37.2 Å². The van der Waals surface area contributed by atoms with Crippen LogP contribution in [0.25, 0.3) is 11.3 Å². The van der Waals surface area contributed by atoms with Gasteiger partial charge >= 0.3 is 0 Å². The quantitative estimate of drug-likeness (QED) is 0.0968. The maximum Gasteiger partial charge on any atom is 0.294 e. The molecule has 1 heterocycles. The van der Waals surface area contributed by atoms with Gasteiger partial charge in [0, 0.05) is 41.6 Å². The molecule has 0 fully saturated rings. The Morgan fingerprint density at radius 3 is 2.29 bits per heavy atom. The second-order valence-electron chi connectivity index (χ2n) is 10.0. The van der Waals surface area contributed by atoms with Gasteiger partial charge in [0.2, 0.25) is 5.91 Å². The van der Waals surface area contributed by atoms with Crippen LogP contribution in [0.15, 0.2) is 53.5 Å². The Labute approximate surface area is 259 Å². The van der Waals surface area contributed by atoms with Crippen LogP contribution in [0.3, 0.4) is 0 Å². The number of carbonyl (C=O) groups excluding carboxylic acids is 1. The molecule has 0 aliphatic carbocycles. The van der Waals surface area contributed by atoms with Crippen LogP contribution in [-0.2, 0) is 17.9 Å². The average molecular weight is 628 g/mol. The molecule has 2 aromatic carbocycles. The number of benzene rings is 2. The fourth-order valence-electron chi connectivity index (χ4n) is 3.86. The van der Waals surface area contributed by atoms with Crippen molar-refractivity contribution >= 4 is 66.2 Å². The van der Waals surface area contributed by atoms with Gasteiger partial charge in [-0.2, -0.15) is 0 Å². The van der Waals surface area contributed by atoms with Crippen molar-refractivity contribution in [3.63, 3.8) is 0 Å². The minimum atomic E-state index is -0.395. The smallest absolute Gasteiger partial charge is 0.294 e. The van der Waals surface area contributed by atoms with E-state index in [0.717, 1.165) is 24.2 Å². The van der Waals surface area contributed by atoms with Gasteiger partial charge in [-0.15, -0.1) is 37.2 Å². The number of hydrogen-bond donors (Lipinski definition) is 6. The van der Waals surface area contributed by atoms with Crippen LogP contribution in [0, 0.1) is 11.3 Å². The zero-order valence-electron chi connectivity index (χ0n) is 23.7. The first kappa shape index (κ1) is 37.5. The SMILES string of the molecule is CC(C)CCNc1cc(N)cc(-c2cnc(NC(C)C)c(=O)n2CC(=O)NCc2ccc(C(=N)N)cc2)c1.Cl.Cl.Cl. The molecule has 41 heavy (non-hydrogen) atoms. The van der Waals surface area contributed by atoms with E-state index in [1.54, 1.807) is 36.5 Å². The molecule has 0 bridgehead atoms. The van der Waals surface area contributed by atoms with Crippen molar-refractivity contribution in [2.24, 2.45) is 11.7 Å². The molecule has 226 valence electrons. The lowest BCUT2D eigenvalue weighted by molar-refractivity contribution is -0.121. The molecular weight excluding hydrogens is 587 g/mol. The third-order valence-electron chi connectivity index (χ3n) is 5.84. The van der Waals surface area contributed by atoms with Gasteiger partial charge in [0.15, 0.2) is 5.82 Å². The fraction of sp³-hybridized carbons (Fsp3) is 0.357. The van der Waals surface area contributed by atoms with E-state index in [0.29, 0.717) is 28.4 Å². The highest BCUT2D eigenvalue weighted by molar-refractivity contribution is 5.94. The normalized spacial score (nSPS) is 10.2. The Morgan fingerprint density at radius 2 is 1.71 bits per heavy atom. The van der Waals surface area contributed by atoms with Gasteiger partial charge in [-0.05, 0) is 49.9 Å². The van der Waals surface area contributed by atoms with Gasteiger partial charge in [-0.3, -0.25) is 19.6 Å². The van der Waals surface area contributed by atoms with E-state index in [4.69, 9.17) is 16.9 Å². The molecule has 0 radical (unpaired) electrons. The third-order valence-corrected chi connectivity index (χ3v) is 5.84.